The SMILES string of the molecule is O=C(CON=C1c2ccccc2-c2ccccc21)NC1CCCC1. The maximum atomic E-state index is 12.0. The van der Waals surface area contributed by atoms with E-state index in [0.29, 0.717) is 6.04 Å². The van der Waals surface area contributed by atoms with E-state index in [0.717, 1.165) is 40.8 Å². The van der Waals surface area contributed by atoms with Gasteiger partial charge in [-0.3, -0.25) is 4.79 Å². The third-order valence-electron chi connectivity index (χ3n) is 4.73. The summed E-state index contributed by atoms with van der Waals surface area (Å²) in [6.07, 6.45) is 4.53. The van der Waals surface area contributed by atoms with E-state index < -0.39 is 0 Å². The van der Waals surface area contributed by atoms with Crippen LogP contribution in [0.2, 0.25) is 0 Å². The van der Waals surface area contributed by atoms with E-state index in [1.54, 1.807) is 0 Å². The van der Waals surface area contributed by atoms with Crippen LogP contribution in [-0.2, 0) is 9.63 Å². The fraction of sp³-hybridized carbons (Fsp3) is 0.300. The number of benzene rings is 2. The van der Waals surface area contributed by atoms with Crippen LogP contribution in [0.5, 0.6) is 0 Å². The zero-order valence-corrected chi connectivity index (χ0v) is 13.5. The average molecular weight is 320 g/mol. The molecule has 2 aliphatic carbocycles. The van der Waals surface area contributed by atoms with E-state index >= 15 is 0 Å². The molecule has 0 bridgehead atoms. The van der Waals surface area contributed by atoms with Crippen molar-refractivity contribution in [3.05, 3.63) is 59.7 Å². The lowest BCUT2D eigenvalue weighted by Gasteiger charge is -2.11. The maximum Gasteiger partial charge on any atom is 0.260 e. The van der Waals surface area contributed by atoms with Crippen molar-refractivity contribution in [3.63, 3.8) is 0 Å². The van der Waals surface area contributed by atoms with Crippen LogP contribution in [0.4, 0.5) is 0 Å². The summed E-state index contributed by atoms with van der Waals surface area (Å²) in [4.78, 5) is 17.3. The molecule has 122 valence electrons. The fourth-order valence-electron chi connectivity index (χ4n) is 3.59. The predicted octanol–water partition coefficient (Wildman–Crippen LogP) is 3.49. The third kappa shape index (κ3) is 2.80. The van der Waals surface area contributed by atoms with Crippen molar-refractivity contribution in [1.82, 2.24) is 5.32 Å². The van der Waals surface area contributed by atoms with E-state index in [-0.39, 0.29) is 12.5 Å². The lowest BCUT2D eigenvalue weighted by molar-refractivity contribution is -0.126. The smallest absolute Gasteiger partial charge is 0.260 e. The van der Waals surface area contributed by atoms with Crippen LogP contribution >= 0.6 is 0 Å². The van der Waals surface area contributed by atoms with Crippen molar-refractivity contribution in [1.29, 1.82) is 0 Å². The van der Waals surface area contributed by atoms with Gasteiger partial charge in [0, 0.05) is 17.2 Å². The Balaban J connectivity index is 1.49. The Kier molecular flexibility index (Phi) is 4.03. The van der Waals surface area contributed by atoms with E-state index in [1.165, 1.54) is 12.8 Å². The largest absolute Gasteiger partial charge is 0.385 e. The Labute approximate surface area is 141 Å². The molecule has 0 heterocycles. The van der Waals surface area contributed by atoms with Gasteiger partial charge in [0.05, 0.1) is 0 Å². The number of nitrogens with zero attached hydrogens (tertiary/aromatic N) is 1. The predicted molar refractivity (Wildman–Crippen MR) is 93.9 cm³/mol. The summed E-state index contributed by atoms with van der Waals surface area (Å²) in [5.41, 5.74) is 5.22. The van der Waals surface area contributed by atoms with Crippen molar-refractivity contribution in [2.75, 3.05) is 6.61 Å². The lowest BCUT2D eigenvalue weighted by atomic mass is 10.1. The minimum atomic E-state index is -0.0918. The Morgan fingerprint density at radius 1 is 0.958 bits per heavy atom. The molecule has 0 atom stereocenters. The summed E-state index contributed by atoms with van der Waals surface area (Å²) in [5, 5.41) is 7.29. The van der Waals surface area contributed by atoms with Gasteiger partial charge in [0.1, 0.15) is 5.71 Å². The summed E-state index contributed by atoms with van der Waals surface area (Å²) < 4.78 is 0. The van der Waals surface area contributed by atoms with E-state index in [1.807, 2.05) is 36.4 Å². The number of carbonyl (C=O) groups is 1. The van der Waals surface area contributed by atoms with Gasteiger partial charge in [-0.2, -0.15) is 0 Å². The molecule has 2 aromatic rings. The Morgan fingerprint density at radius 2 is 1.50 bits per heavy atom. The number of nitrogens with one attached hydrogen (secondary N) is 1. The molecule has 2 aliphatic rings. The minimum absolute atomic E-state index is 0.0374. The zero-order valence-electron chi connectivity index (χ0n) is 13.5. The lowest BCUT2D eigenvalue weighted by Crippen LogP contribution is -2.35. The number of hydrogen-bond donors (Lipinski definition) is 1. The topological polar surface area (TPSA) is 50.7 Å². The number of carbonyl (C=O) groups excluding carboxylic acids is 1. The standard InChI is InChI=1S/C20H20N2O2/c23-19(21-14-7-1-2-8-14)13-24-22-20-17-11-5-3-9-15(17)16-10-4-6-12-18(16)20/h3-6,9-12,14H,1-2,7-8,13H2,(H,21,23). The van der Waals surface area contributed by atoms with Crippen LogP contribution < -0.4 is 5.32 Å². The zero-order chi connectivity index (χ0) is 16.4. The van der Waals surface area contributed by atoms with Crippen LogP contribution in [0.15, 0.2) is 53.7 Å². The van der Waals surface area contributed by atoms with Gasteiger partial charge in [-0.25, -0.2) is 0 Å². The molecule has 1 amide bonds. The summed E-state index contributed by atoms with van der Waals surface area (Å²) in [6.45, 7) is -0.0374. The van der Waals surface area contributed by atoms with Crippen molar-refractivity contribution < 1.29 is 9.63 Å². The molecule has 0 spiro atoms. The van der Waals surface area contributed by atoms with Gasteiger partial charge in [0.15, 0.2) is 6.61 Å². The fourth-order valence-corrected chi connectivity index (χ4v) is 3.59. The van der Waals surface area contributed by atoms with Crippen molar-refractivity contribution in [2.24, 2.45) is 5.16 Å². The molecule has 0 radical (unpaired) electrons. The highest BCUT2D eigenvalue weighted by Gasteiger charge is 2.24. The van der Waals surface area contributed by atoms with Crippen LogP contribution in [0.3, 0.4) is 0 Å². The number of rotatable bonds is 4. The molecule has 0 saturated heterocycles. The molecule has 4 rings (SSSR count). The Morgan fingerprint density at radius 3 is 2.08 bits per heavy atom. The van der Waals surface area contributed by atoms with Gasteiger partial charge in [0.25, 0.3) is 5.91 Å². The summed E-state index contributed by atoms with van der Waals surface area (Å²) in [5.74, 6) is -0.0918. The molecule has 0 aromatic heterocycles. The molecule has 1 N–H and O–H groups in total. The molecule has 4 nitrogen and oxygen atoms in total. The highest BCUT2D eigenvalue weighted by Crippen LogP contribution is 2.36. The quantitative estimate of drug-likeness (QED) is 0.748. The van der Waals surface area contributed by atoms with Gasteiger partial charge < -0.3 is 10.2 Å². The first-order valence-electron chi connectivity index (χ1n) is 8.51. The normalized spacial score (nSPS) is 15.8. The Hall–Kier alpha value is -2.62. The van der Waals surface area contributed by atoms with Crippen molar-refractivity contribution in [3.8, 4) is 11.1 Å². The first kappa shape index (κ1) is 14.9. The molecule has 24 heavy (non-hydrogen) atoms. The van der Waals surface area contributed by atoms with Crippen LogP contribution in [0.25, 0.3) is 11.1 Å². The van der Waals surface area contributed by atoms with E-state index in [4.69, 9.17) is 4.84 Å². The third-order valence-corrected chi connectivity index (χ3v) is 4.73. The molecule has 4 heteroatoms. The second kappa shape index (κ2) is 6.48. The van der Waals surface area contributed by atoms with Gasteiger partial charge in [-0.05, 0) is 24.0 Å². The van der Waals surface area contributed by atoms with Crippen molar-refractivity contribution in [2.45, 2.75) is 31.7 Å². The first-order valence-corrected chi connectivity index (χ1v) is 8.51. The summed E-state index contributed by atoms with van der Waals surface area (Å²) >= 11 is 0. The van der Waals surface area contributed by atoms with Crippen LogP contribution in [-0.4, -0.2) is 24.3 Å². The molecule has 2 aromatic carbocycles. The second-order valence-electron chi connectivity index (χ2n) is 6.35. The summed E-state index contributed by atoms with van der Waals surface area (Å²) in [6, 6.07) is 16.6. The van der Waals surface area contributed by atoms with E-state index in [2.05, 4.69) is 22.6 Å². The average Bonchev–Trinajstić information content (AvgIpc) is 3.22. The highest BCUT2D eigenvalue weighted by atomic mass is 16.6. The number of oxime groups is 1. The van der Waals surface area contributed by atoms with Crippen LogP contribution in [0, 0.1) is 0 Å². The van der Waals surface area contributed by atoms with Gasteiger partial charge in [0.2, 0.25) is 0 Å². The van der Waals surface area contributed by atoms with Gasteiger partial charge >= 0.3 is 0 Å². The Bertz CT molecular complexity index is 744. The van der Waals surface area contributed by atoms with Crippen molar-refractivity contribution >= 4 is 11.6 Å². The first-order chi connectivity index (χ1) is 11.8. The molecular formula is C20H20N2O2. The highest BCUT2D eigenvalue weighted by molar-refractivity contribution is 6.24. The van der Waals surface area contributed by atoms with E-state index in [9.17, 15) is 4.79 Å². The molecule has 0 aliphatic heterocycles. The molecule has 1 fully saturated rings. The summed E-state index contributed by atoms with van der Waals surface area (Å²) in [7, 11) is 0. The number of amides is 1. The number of hydrogen-bond acceptors (Lipinski definition) is 3. The minimum Gasteiger partial charge on any atom is -0.385 e. The van der Waals surface area contributed by atoms with Gasteiger partial charge in [-0.15, -0.1) is 0 Å². The number of fused-ring (bicyclic) bond motifs is 3. The second-order valence-corrected chi connectivity index (χ2v) is 6.35. The molecule has 1 saturated carbocycles. The molecule has 0 unspecified atom stereocenters. The molecular weight excluding hydrogens is 300 g/mol. The monoisotopic (exact) mass is 320 g/mol. The van der Waals surface area contributed by atoms with Crippen LogP contribution in [0.1, 0.15) is 36.8 Å². The maximum absolute atomic E-state index is 12.0. The van der Waals surface area contributed by atoms with Gasteiger partial charge in [-0.1, -0.05) is 66.5 Å².